The fraction of sp³-hybridized carbons (Fsp3) is 0.167. The van der Waals surface area contributed by atoms with E-state index in [0.29, 0.717) is 23.2 Å². The molecule has 0 unspecified atom stereocenters. The maximum absolute atomic E-state index is 13.6. The summed E-state index contributed by atoms with van der Waals surface area (Å²) in [7, 11) is 3.19. The predicted octanol–water partition coefficient (Wildman–Crippen LogP) is 4.28. The van der Waals surface area contributed by atoms with Crippen LogP contribution in [0.2, 0.25) is 0 Å². The standard InChI is InChI=1S/C18H15FN4O2S2/c1-24-14-4-3-12(17(8-14)25-2)10-23(18-22-21-11-26-18)27-15-5-6-16(19)13(7-15)9-20/h3-8,11H,10H2,1-2H3. The van der Waals surface area contributed by atoms with Crippen molar-refractivity contribution in [3.8, 4) is 17.6 Å². The van der Waals surface area contributed by atoms with Crippen molar-refractivity contribution < 1.29 is 13.9 Å². The maximum Gasteiger partial charge on any atom is 0.218 e. The van der Waals surface area contributed by atoms with E-state index < -0.39 is 5.82 Å². The molecule has 0 aliphatic carbocycles. The molecule has 0 radical (unpaired) electrons. The molecule has 9 heteroatoms. The molecule has 0 aliphatic rings. The summed E-state index contributed by atoms with van der Waals surface area (Å²) in [5, 5.41) is 17.8. The molecule has 2 aromatic carbocycles. The molecule has 1 aromatic heterocycles. The van der Waals surface area contributed by atoms with Crippen LogP contribution in [0.1, 0.15) is 11.1 Å². The number of nitrogens with zero attached hydrogens (tertiary/aromatic N) is 4. The van der Waals surface area contributed by atoms with Crippen molar-refractivity contribution in [3.63, 3.8) is 0 Å². The lowest BCUT2D eigenvalue weighted by Crippen LogP contribution is -2.14. The molecule has 0 N–H and O–H groups in total. The number of aromatic nitrogens is 2. The van der Waals surface area contributed by atoms with E-state index in [4.69, 9.17) is 14.7 Å². The third-order valence-corrected chi connectivity index (χ3v) is 5.46. The van der Waals surface area contributed by atoms with Crippen molar-refractivity contribution in [2.75, 3.05) is 18.5 Å². The van der Waals surface area contributed by atoms with Crippen LogP contribution < -0.4 is 13.8 Å². The second-order valence-corrected chi connectivity index (χ2v) is 7.19. The van der Waals surface area contributed by atoms with E-state index >= 15 is 0 Å². The van der Waals surface area contributed by atoms with E-state index in [1.54, 1.807) is 25.8 Å². The number of nitriles is 1. The zero-order valence-electron chi connectivity index (χ0n) is 14.5. The van der Waals surface area contributed by atoms with Crippen molar-refractivity contribution in [1.29, 1.82) is 5.26 Å². The summed E-state index contributed by atoms with van der Waals surface area (Å²) in [4.78, 5) is 0.718. The van der Waals surface area contributed by atoms with E-state index in [1.165, 1.54) is 35.4 Å². The van der Waals surface area contributed by atoms with Crippen LogP contribution in [-0.2, 0) is 6.54 Å². The first kappa shape index (κ1) is 18.9. The summed E-state index contributed by atoms with van der Waals surface area (Å²) >= 11 is 2.73. The van der Waals surface area contributed by atoms with Crippen LogP contribution in [0.3, 0.4) is 0 Å². The van der Waals surface area contributed by atoms with Gasteiger partial charge >= 0.3 is 0 Å². The van der Waals surface area contributed by atoms with Gasteiger partial charge in [-0.05, 0) is 42.3 Å². The number of benzene rings is 2. The van der Waals surface area contributed by atoms with Crippen molar-refractivity contribution in [1.82, 2.24) is 10.2 Å². The van der Waals surface area contributed by atoms with E-state index in [0.717, 1.165) is 10.5 Å². The lowest BCUT2D eigenvalue weighted by atomic mass is 10.2. The molecule has 1 heterocycles. The number of halogens is 1. The third-order valence-electron chi connectivity index (χ3n) is 3.64. The largest absolute Gasteiger partial charge is 0.497 e. The first-order valence-electron chi connectivity index (χ1n) is 7.77. The number of hydrogen-bond acceptors (Lipinski definition) is 8. The Kier molecular flexibility index (Phi) is 6.11. The van der Waals surface area contributed by atoms with Crippen molar-refractivity contribution in [2.45, 2.75) is 11.4 Å². The van der Waals surface area contributed by atoms with Crippen molar-refractivity contribution >= 4 is 28.4 Å². The monoisotopic (exact) mass is 402 g/mol. The molecule has 0 spiro atoms. The molecule has 0 bridgehead atoms. The molecule has 138 valence electrons. The Labute approximate surface area is 164 Å². The van der Waals surface area contributed by atoms with Crippen LogP contribution in [0.5, 0.6) is 11.5 Å². The highest BCUT2D eigenvalue weighted by atomic mass is 32.2. The van der Waals surface area contributed by atoms with Crippen LogP contribution in [0.25, 0.3) is 0 Å². The Bertz CT molecular complexity index is 960. The quantitative estimate of drug-likeness (QED) is 0.546. The van der Waals surface area contributed by atoms with Gasteiger partial charge in [-0.1, -0.05) is 11.3 Å². The average molecular weight is 402 g/mol. The first-order chi connectivity index (χ1) is 13.1. The van der Waals surface area contributed by atoms with Gasteiger partial charge in [0.25, 0.3) is 0 Å². The minimum atomic E-state index is -0.541. The molecule has 0 saturated carbocycles. The van der Waals surface area contributed by atoms with Crippen LogP contribution in [0, 0.1) is 17.1 Å². The van der Waals surface area contributed by atoms with Crippen LogP contribution in [-0.4, -0.2) is 24.4 Å². The molecule has 0 aliphatic heterocycles. The summed E-state index contributed by atoms with van der Waals surface area (Å²) in [6.45, 7) is 0.465. The Morgan fingerprint density at radius 1 is 1.22 bits per heavy atom. The van der Waals surface area contributed by atoms with Gasteiger partial charge in [0.15, 0.2) is 0 Å². The Morgan fingerprint density at radius 2 is 2.07 bits per heavy atom. The SMILES string of the molecule is COc1ccc(CN(Sc2ccc(F)c(C#N)c2)c2nncs2)c(OC)c1. The second-order valence-electron chi connectivity index (χ2n) is 5.28. The van der Waals surface area contributed by atoms with Gasteiger partial charge in [0, 0.05) is 16.5 Å². The zero-order valence-corrected chi connectivity index (χ0v) is 16.2. The first-order valence-corrected chi connectivity index (χ1v) is 9.42. The summed E-state index contributed by atoms with van der Waals surface area (Å²) in [5.41, 5.74) is 2.56. The summed E-state index contributed by atoms with van der Waals surface area (Å²) in [6.07, 6.45) is 0. The Hall–Kier alpha value is -2.83. The molecule has 0 amide bonds. The highest BCUT2D eigenvalue weighted by Gasteiger charge is 2.17. The molecular formula is C18H15FN4O2S2. The number of ether oxygens (including phenoxy) is 2. The van der Waals surface area contributed by atoms with Gasteiger partial charge in [-0.2, -0.15) is 5.26 Å². The molecule has 6 nitrogen and oxygen atoms in total. The average Bonchev–Trinajstić information content (AvgIpc) is 3.23. The zero-order chi connectivity index (χ0) is 19.2. The highest BCUT2D eigenvalue weighted by Crippen LogP contribution is 2.35. The van der Waals surface area contributed by atoms with Crippen molar-refractivity contribution in [2.24, 2.45) is 0 Å². The van der Waals surface area contributed by atoms with Gasteiger partial charge in [-0.25, -0.2) is 4.39 Å². The molecule has 3 rings (SSSR count). The topological polar surface area (TPSA) is 71.3 Å². The van der Waals surface area contributed by atoms with Gasteiger partial charge < -0.3 is 9.47 Å². The van der Waals surface area contributed by atoms with Crippen LogP contribution >= 0.6 is 23.3 Å². The molecule has 0 saturated heterocycles. The van der Waals surface area contributed by atoms with Crippen LogP contribution in [0.15, 0.2) is 46.8 Å². The maximum atomic E-state index is 13.6. The Balaban J connectivity index is 1.91. The number of rotatable bonds is 7. The van der Waals surface area contributed by atoms with Gasteiger partial charge in [-0.3, -0.25) is 4.31 Å². The number of anilines is 1. The lowest BCUT2D eigenvalue weighted by molar-refractivity contribution is 0.391. The van der Waals surface area contributed by atoms with Gasteiger partial charge in [0.1, 0.15) is 28.9 Å². The minimum Gasteiger partial charge on any atom is -0.497 e. The smallest absolute Gasteiger partial charge is 0.218 e. The van der Waals surface area contributed by atoms with Crippen molar-refractivity contribution in [3.05, 3.63) is 58.9 Å². The number of hydrogen-bond donors (Lipinski definition) is 0. The minimum absolute atomic E-state index is 0.000702. The summed E-state index contributed by atoms with van der Waals surface area (Å²) in [5.74, 6) is 0.838. The molecule has 0 atom stereocenters. The highest BCUT2D eigenvalue weighted by molar-refractivity contribution is 8.00. The van der Waals surface area contributed by atoms with E-state index in [2.05, 4.69) is 10.2 Å². The molecular weight excluding hydrogens is 387 g/mol. The molecule has 3 aromatic rings. The third kappa shape index (κ3) is 4.48. The van der Waals surface area contributed by atoms with Gasteiger partial charge in [0.05, 0.1) is 26.3 Å². The number of methoxy groups -OCH3 is 2. The van der Waals surface area contributed by atoms with E-state index in [1.807, 2.05) is 28.6 Å². The summed E-state index contributed by atoms with van der Waals surface area (Å²) < 4.78 is 26.2. The van der Waals surface area contributed by atoms with Crippen LogP contribution in [0.4, 0.5) is 9.52 Å². The van der Waals surface area contributed by atoms with E-state index in [9.17, 15) is 4.39 Å². The second kappa shape index (κ2) is 8.70. The lowest BCUT2D eigenvalue weighted by Gasteiger charge is -2.21. The Morgan fingerprint density at radius 3 is 2.74 bits per heavy atom. The molecule has 27 heavy (non-hydrogen) atoms. The van der Waals surface area contributed by atoms with E-state index in [-0.39, 0.29) is 5.56 Å². The van der Waals surface area contributed by atoms with Gasteiger partial charge in [0.2, 0.25) is 5.13 Å². The fourth-order valence-corrected chi connectivity index (χ4v) is 3.90. The fourth-order valence-electron chi connectivity index (χ4n) is 2.33. The van der Waals surface area contributed by atoms with Gasteiger partial charge in [-0.15, -0.1) is 10.2 Å². The predicted molar refractivity (Wildman–Crippen MR) is 103 cm³/mol. The summed E-state index contributed by atoms with van der Waals surface area (Å²) in [6, 6.07) is 11.9. The normalized spacial score (nSPS) is 10.3. The molecule has 0 fully saturated rings.